The molecule has 0 aromatic rings. The van der Waals surface area contributed by atoms with Crippen LogP contribution in [-0.4, -0.2) is 4.92 Å². The van der Waals surface area contributed by atoms with Crippen LogP contribution in [0.3, 0.4) is 0 Å². The minimum atomic E-state index is -0.531. The van der Waals surface area contributed by atoms with Gasteiger partial charge in [0.15, 0.2) is 6.10 Å². The highest BCUT2D eigenvalue weighted by Crippen LogP contribution is 2.21. The van der Waals surface area contributed by atoms with Crippen LogP contribution in [0.15, 0.2) is 12.0 Å². The lowest BCUT2D eigenvalue weighted by Gasteiger charge is -1.97. The van der Waals surface area contributed by atoms with Gasteiger partial charge in [0.25, 0.3) is 0 Å². The molecule has 0 aromatic heterocycles. The third kappa shape index (κ3) is 1.19. The Bertz CT molecular complexity index is 164. The molecule has 1 radical (unpaired) electrons. The molecule has 0 bridgehead atoms. The molecule has 0 spiro atoms. The van der Waals surface area contributed by atoms with E-state index < -0.39 is 4.92 Å². The molecule has 0 unspecified atom stereocenters. The van der Waals surface area contributed by atoms with Gasteiger partial charge in [-0.2, -0.15) is 0 Å². The van der Waals surface area contributed by atoms with Crippen molar-refractivity contribution in [2.45, 2.75) is 13.3 Å². The lowest BCUT2D eigenvalue weighted by atomic mass is 10.3. The number of nitro groups is 1. The van der Waals surface area contributed by atoms with Crippen molar-refractivity contribution in [1.29, 1.82) is 0 Å². The molecule has 1 aliphatic heterocycles. The van der Waals surface area contributed by atoms with Gasteiger partial charge >= 0.3 is 5.88 Å². The molecule has 0 N–H and O–H groups in total. The zero-order valence-electron chi connectivity index (χ0n) is 4.96. The third-order valence-corrected chi connectivity index (χ3v) is 1.02. The maximum Gasteiger partial charge on any atom is 0.424 e. The Balaban J connectivity index is 2.55. The predicted octanol–water partition coefficient (Wildman–Crippen LogP) is 1.08. The van der Waals surface area contributed by atoms with Crippen LogP contribution in [0.5, 0.6) is 0 Å². The van der Waals surface area contributed by atoms with E-state index >= 15 is 0 Å². The summed E-state index contributed by atoms with van der Waals surface area (Å²) in [5, 5.41) is 9.95. The summed E-state index contributed by atoms with van der Waals surface area (Å²) in [5.41, 5.74) is 0. The molecule has 0 aromatic carbocycles. The van der Waals surface area contributed by atoms with Gasteiger partial charge in [-0.3, -0.25) is 10.1 Å². The predicted molar refractivity (Wildman–Crippen MR) is 29.7 cm³/mol. The Morgan fingerprint density at radius 3 is 2.78 bits per heavy atom. The molecule has 1 heterocycles. The summed E-state index contributed by atoms with van der Waals surface area (Å²) in [7, 11) is 0. The van der Waals surface area contributed by atoms with E-state index in [0.717, 1.165) is 0 Å². The fourth-order valence-corrected chi connectivity index (χ4v) is 0.605. The first-order valence-electron chi connectivity index (χ1n) is 2.55. The number of hydrogen-bond acceptors (Lipinski definition) is 3. The minimum absolute atomic E-state index is 0.146. The summed E-state index contributed by atoms with van der Waals surface area (Å²) in [6.07, 6.45) is 2.70. The van der Waals surface area contributed by atoms with Crippen LogP contribution in [-0.2, 0) is 4.74 Å². The van der Waals surface area contributed by atoms with Crippen molar-refractivity contribution >= 4 is 0 Å². The van der Waals surface area contributed by atoms with Crippen molar-refractivity contribution in [2.24, 2.45) is 0 Å². The van der Waals surface area contributed by atoms with Crippen LogP contribution in [0.1, 0.15) is 13.3 Å². The smallest absolute Gasteiger partial charge is 0.424 e. The zero-order valence-corrected chi connectivity index (χ0v) is 4.96. The number of ether oxygens (including phenoxy) is 1. The largest absolute Gasteiger partial charge is 0.430 e. The van der Waals surface area contributed by atoms with Gasteiger partial charge in [0.2, 0.25) is 0 Å². The van der Waals surface area contributed by atoms with E-state index in [4.69, 9.17) is 4.74 Å². The summed E-state index contributed by atoms with van der Waals surface area (Å²) in [4.78, 5) is 9.41. The van der Waals surface area contributed by atoms with E-state index in [0.29, 0.717) is 12.5 Å². The van der Waals surface area contributed by atoms with Gasteiger partial charge in [-0.05, 0) is 6.92 Å². The van der Waals surface area contributed by atoms with Crippen molar-refractivity contribution in [3.63, 3.8) is 0 Å². The first kappa shape index (κ1) is 6.07. The average Bonchev–Trinajstić information content (AvgIpc) is 2.14. The summed E-state index contributed by atoms with van der Waals surface area (Å²) in [5.74, 6) is -0.146. The fraction of sp³-hybridized carbons (Fsp3) is 0.400. The van der Waals surface area contributed by atoms with Crippen LogP contribution < -0.4 is 0 Å². The van der Waals surface area contributed by atoms with Gasteiger partial charge in [0.1, 0.15) is 4.92 Å². The van der Waals surface area contributed by atoms with Gasteiger partial charge < -0.3 is 4.74 Å². The number of nitrogens with zero attached hydrogens (tertiary/aromatic N) is 1. The highest BCUT2D eigenvalue weighted by molar-refractivity contribution is 5.00. The van der Waals surface area contributed by atoms with Gasteiger partial charge in [0, 0.05) is 12.5 Å². The molecular weight excluding hydrogens is 122 g/mol. The Morgan fingerprint density at radius 1 is 1.89 bits per heavy atom. The molecule has 1 aliphatic rings. The van der Waals surface area contributed by atoms with Gasteiger partial charge in [-0.1, -0.05) is 0 Å². The fourth-order valence-electron chi connectivity index (χ4n) is 0.605. The van der Waals surface area contributed by atoms with Crippen molar-refractivity contribution < 1.29 is 9.66 Å². The topological polar surface area (TPSA) is 52.4 Å². The van der Waals surface area contributed by atoms with Crippen molar-refractivity contribution in [3.05, 3.63) is 28.2 Å². The van der Waals surface area contributed by atoms with Crippen molar-refractivity contribution in [3.8, 4) is 0 Å². The van der Waals surface area contributed by atoms with Gasteiger partial charge in [0.05, 0.1) is 0 Å². The van der Waals surface area contributed by atoms with Crippen molar-refractivity contribution in [1.82, 2.24) is 0 Å². The van der Waals surface area contributed by atoms with Crippen molar-refractivity contribution in [2.75, 3.05) is 0 Å². The zero-order chi connectivity index (χ0) is 6.85. The second-order valence-electron chi connectivity index (χ2n) is 1.81. The first-order valence-corrected chi connectivity index (χ1v) is 2.55. The minimum Gasteiger partial charge on any atom is -0.430 e. The van der Waals surface area contributed by atoms with E-state index in [1.54, 1.807) is 6.92 Å². The normalized spacial score (nSPS) is 19.0. The molecule has 4 heteroatoms. The van der Waals surface area contributed by atoms with Gasteiger partial charge in [-0.15, -0.1) is 0 Å². The summed E-state index contributed by atoms with van der Waals surface area (Å²) >= 11 is 0. The Hall–Kier alpha value is -1.06. The highest BCUT2D eigenvalue weighted by atomic mass is 16.7. The molecule has 1 rings (SSSR count). The van der Waals surface area contributed by atoms with E-state index in [2.05, 4.69) is 0 Å². The van der Waals surface area contributed by atoms with Crippen LogP contribution >= 0.6 is 0 Å². The first-order chi connectivity index (χ1) is 4.20. The molecule has 0 amide bonds. The molecule has 0 fully saturated rings. The van der Waals surface area contributed by atoms with Gasteiger partial charge in [-0.25, -0.2) is 0 Å². The molecule has 0 saturated carbocycles. The summed E-state index contributed by atoms with van der Waals surface area (Å²) in [6, 6.07) is 0. The molecule has 0 saturated heterocycles. The van der Waals surface area contributed by atoms with E-state index in [9.17, 15) is 10.1 Å². The Morgan fingerprint density at radius 2 is 2.56 bits per heavy atom. The lowest BCUT2D eigenvalue weighted by Crippen LogP contribution is -1.99. The molecule has 0 atom stereocenters. The van der Waals surface area contributed by atoms with Crippen LogP contribution in [0.2, 0.25) is 0 Å². The third-order valence-electron chi connectivity index (χ3n) is 1.02. The molecular formula is C5H6NO3. The van der Waals surface area contributed by atoms with Crippen LogP contribution in [0.25, 0.3) is 0 Å². The highest BCUT2D eigenvalue weighted by Gasteiger charge is 2.23. The van der Waals surface area contributed by atoms with Crippen LogP contribution in [0, 0.1) is 16.2 Å². The quantitative estimate of drug-likeness (QED) is 0.392. The summed E-state index contributed by atoms with van der Waals surface area (Å²) < 4.78 is 4.70. The lowest BCUT2D eigenvalue weighted by molar-refractivity contribution is -0.459. The van der Waals surface area contributed by atoms with E-state index in [1.165, 1.54) is 6.08 Å². The monoisotopic (exact) mass is 128 g/mol. The number of hydrogen-bond donors (Lipinski definition) is 0. The van der Waals surface area contributed by atoms with E-state index in [1.807, 2.05) is 0 Å². The SMILES string of the molecule is C[C]1CC=C([N+](=O)[O-])O1. The van der Waals surface area contributed by atoms with Crippen LogP contribution in [0.4, 0.5) is 0 Å². The molecule has 0 aliphatic carbocycles. The number of rotatable bonds is 1. The standard InChI is InChI=1S/C5H6NO3/c1-4-2-3-5(9-4)6(7)8/h3H,2H2,1H3. The maximum absolute atomic E-state index is 9.95. The molecule has 9 heavy (non-hydrogen) atoms. The summed E-state index contributed by atoms with van der Waals surface area (Å²) in [6.45, 7) is 1.72. The Labute approximate surface area is 52.3 Å². The molecule has 49 valence electrons. The average molecular weight is 128 g/mol. The van der Waals surface area contributed by atoms with E-state index in [-0.39, 0.29) is 5.88 Å². The molecule has 4 nitrogen and oxygen atoms in total. The maximum atomic E-state index is 9.95. The second kappa shape index (κ2) is 2.05. The Kier molecular flexibility index (Phi) is 1.38. The second-order valence-corrected chi connectivity index (χ2v) is 1.81.